The molecule has 0 amide bonds. The van der Waals surface area contributed by atoms with E-state index in [1.54, 1.807) is 32.4 Å². The average molecular weight is 502 g/mol. The number of carbonyl (C=O) groups excluding carboxylic acids is 1. The Labute approximate surface area is 212 Å². The van der Waals surface area contributed by atoms with Gasteiger partial charge in [-0.3, -0.25) is 0 Å². The first-order chi connectivity index (χ1) is 17.2. The topological polar surface area (TPSA) is 110 Å². The zero-order valence-electron chi connectivity index (χ0n) is 21.7. The maximum absolute atomic E-state index is 12.9. The van der Waals surface area contributed by atoms with E-state index >= 15 is 0 Å². The summed E-state index contributed by atoms with van der Waals surface area (Å²) in [5, 5.41) is 22.1. The number of carbonyl (C=O) groups is 1. The van der Waals surface area contributed by atoms with Gasteiger partial charge in [-0.25, -0.2) is 4.79 Å². The Morgan fingerprint density at radius 3 is 2.75 bits per heavy atom. The number of rotatable bonds is 4. The van der Waals surface area contributed by atoms with Crippen LogP contribution < -0.4 is 0 Å². The third kappa shape index (κ3) is 3.98. The van der Waals surface area contributed by atoms with Crippen molar-refractivity contribution in [2.24, 2.45) is 29.6 Å². The molecule has 2 aliphatic carbocycles. The number of ether oxygens (including phenoxy) is 4. The van der Waals surface area contributed by atoms with Crippen LogP contribution in [0.1, 0.15) is 44.6 Å². The molecular weight excluding hydrogens is 462 g/mol. The molecule has 3 heterocycles. The second kappa shape index (κ2) is 9.72. The van der Waals surface area contributed by atoms with Gasteiger partial charge in [0.25, 0.3) is 0 Å². The van der Waals surface area contributed by atoms with Gasteiger partial charge in [-0.05, 0) is 38.0 Å². The van der Waals surface area contributed by atoms with Crippen LogP contribution in [0.2, 0.25) is 0 Å². The zero-order chi connectivity index (χ0) is 25.8. The zero-order valence-corrected chi connectivity index (χ0v) is 21.7. The lowest BCUT2D eigenvalue weighted by Crippen LogP contribution is -2.57. The molecule has 0 unspecified atom stereocenters. The van der Waals surface area contributed by atoms with Crippen molar-refractivity contribution in [2.45, 2.75) is 76.3 Å². The highest BCUT2D eigenvalue weighted by Crippen LogP contribution is 2.61. The van der Waals surface area contributed by atoms with Gasteiger partial charge < -0.3 is 34.1 Å². The van der Waals surface area contributed by atoms with Gasteiger partial charge in [0.1, 0.15) is 23.5 Å². The third-order valence-corrected chi connectivity index (χ3v) is 8.99. The van der Waals surface area contributed by atoms with Crippen molar-refractivity contribution < 1.29 is 34.0 Å². The Morgan fingerprint density at radius 1 is 1.31 bits per heavy atom. The van der Waals surface area contributed by atoms with Gasteiger partial charge in [-0.15, -0.1) is 0 Å². The fourth-order valence-electron chi connectivity index (χ4n) is 7.23. The van der Waals surface area contributed by atoms with E-state index in [1.165, 1.54) is 0 Å². The van der Waals surface area contributed by atoms with Crippen LogP contribution in [0.4, 0.5) is 0 Å². The minimum absolute atomic E-state index is 0.0523. The number of methoxy groups -OCH3 is 1. The lowest BCUT2D eigenvalue weighted by Gasteiger charge is -2.49. The van der Waals surface area contributed by atoms with Crippen molar-refractivity contribution in [1.29, 1.82) is 0 Å². The van der Waals surface area contributed by atoms with Crippen LogP contribution in [0.25, 0.3) is 0 Å². The molecule has 1 aromatic rings. The molecule has 2 aliphatic heterocycles. The van der Waals surface area contributed by atoms with Crippen molar-refractivity contribution in [1.82, 2.24) is 4.98 Å². The summed E-state index contributed by atoms with van der Waals surface area (Å²) >= 11 is 0. The van der Waals surface area contributed by atoms with Crippen LogP contribution in [0.5, 0.6) is 0 Å². The van der Waals surface area contributed by atoms with E-state index in [9.17, 15) is 15.0 Å². The number of hydrogen-bond donors (Lipinski definition) is 3. The highest BCUT2D eigenvalue weighted by molar-refractivity contribution is 5.87. The SMILES string of the molecule is CO[C@@H]1CO[C@H]([C@@H](C)O)[C@H](C)/C=C(\C)[C@]23O[C@@H]4[C@H](C=C[C@@H]2C1)[C@H]3[C@H](O)[C@@H](C)[C@H]4OC(=O)c1ccc[nH]1. The molecule has 12 atom stereocenters. The molecule has 0 aromatic carbocycles. The molecule has 5 rings (SSSR count). The Kier molecular flexibility index (Phi) is 6.93. The molecule has 1 saturated carbocycles. The van der Waals surface area contributed by atoms with E-state index in [2.05, 4.69) is 30.1 Å². The number of nitrogens with one attached hydrogen (secondary N) is 1. The predicted molar refractivity (Wildman–Crippen MR) is 132 cm³/mol. The van der Waals surface area contributed by atoms with Gasteiger partial charge in [0.15, 0.2) is 0 Å². The molecule has 36 heavy (non-hydrogen) atoms. The second-order valence-corrected chi connectivity index (χ2v) is 11.1. The summed E-state index contributed by atoms with van der Waals surface area (Å²) in [5.41, 5.74) is 0.620. The van der Waals surface area contributed by atoms with Crippen LogP contribution in [0.3, 0.4) is 0 Å². The molecule has 4 bridgehead atoms. The monoisotopic (exact) mass is 501 g/mol. The Bertz CT molecular complexity index is 1000. The first-order valence-electron chi connectivity index (χ1n) is 13.1. The lowest BCUT2D eigenvalue weighted by molar-refractivity contribution is -0.117. The number of aromatic nitrogens is 1. The van der Waals surface area contributed by atoms with Gasteiger partial charge in [-0.1, -0.05) is 32.1 Å². The lowest BCUT2D eigenvalue weighted by atomic mass is 9.57. The van der Waals surface area contributed by atoms with Gasteiger partial charge in [-0.2, -0.15) is 0 Å². The maximum atomic E-state index is 12.9. The van der Waals surface area contributed by atoms with Gasteiger partial charge >= 0.3 is 5.97 Å². The molecule has 198 valence electrons. The van der Waals surface area contributed by atoms with Crippen LogP contribution >= 0.6 is 0 Å². The van der Waals surface area contributed by atoms with Gasteiger partial charge in [0, 0.05) is 42.9 Å². The van der Waals surface area contributed by atoms with Crippen LogP contribution in [0.15, 0.2) is 42.1 Å². The van der Waals surface area contributed by atoms with Crippen LogP contribution in [-0.4, -0.2) is 77.1 Å². The molecule has 1 aromatic heterocycles. The first-order valence-corrected chi connectivity index (χ1v) is 13.1. The molecule has 2 fully saturated rings. The molecule has 8 nitrogen and oxygen atoms in total. The van der Waals surface area contributed by atoms with Gasteiger partial charge in [0.05, 0.1) is 31.0 Å². The predicted octanol–water partition coefficient (Wildman–Crippen LogP) is 2.87. The summed E-state index contributed by atoms with van der Waals surface area (Å²) in [6.07, 6.45) is 5.85. The van der Waals surface area contributed by atoms with E-state index in [4.69, 9.17) is 18.9 Å². The Hall–Kier alpha value is -1.97. The van der Waals surface area contributed by atoms with Crippen molar-refractivity contribution in [3.8, 4) is 0 Å². The summed E-state index contributed by atoms with van der Waals surface area (Å²) in [4.78, 5) is 15.8. The smallest absolute Gasteiger partial charge is 0.355 e. The van der Waals surface area contributed by atoms with Gasteiger partial charge in [0.2, 0.25) is 0 Å². The number of esters is 1. The summed E-state index contributed by atoms with van der Waals surface area (Å²) in [7, 11) is 1.67. The summed E-state index contributed by atoms with van der Waals surface area (Å²) in [6.45, 7) is 8.13. The number of H-pyrrole nitrogens is 1. The number of aromatic amines is 1. The fraction of sp³-hybridized carbons (Fsp3) is 0.679. The van der Waals surface area contributed by atoms with E-state index in [0.717, 1.165) is 5.57 Å². The summed E-state index contributed by atoms with van der Waals surface area (Å²) < 4.78 is 24.9. The molecule has 0 radical (unpaired) electrons. The molecule has 1 spiro atoms. The fourth-order valence-corrected chi connectivity index (χ4v) is 7.23. The Balaban J connectivity index is 1.55. The van der Waals surface area contributed by atoms with Crippen LogP contribution in [-0.2, 0) is 18.9 Å². The molecule has 8 heteroatoms. The van der Waals surface area contributed by atoms with E-state index < -0.39 is 29.9 Å². The number of aliphatic hydroxyl groups excluding tert-OH is 2. The molecular formula is C28H39NO7. The maximum Gasteiger partial charge on any atom is 0.355 e. The summed E-state index contributed by atoms with van der Waals surface area (Å²) in [6, 6.07) is 3.43. The highest BCUT2D eigenvalue weighted by Gasteiger charge is 2.68. The highest BCUT2D eigenvalue weighted by atomic mass is 16.6. The minimum Gasteiger partial charge on any atom is -0.455 e. The Morgan fingerprint density at radius 2 is 2.08 bits per heavy atom. The quantitative estimate of drug-likeness (QED) is 0.430. The van der Waals surface area contributed by atoms with Crippen molar-refractivity contribution in [3.63, 3.8) is 0 Å². The average Bonchev–Trinajstić information content (AvgIpc) is 3.44. The first kappa shape index (κ1) is 25.7. The molecule has 1 saturated heterocycles. The van der Waals surface area contributed by atoms with E-state index in [1.807, 2.05) is 13.8 Å². The molecule has 4 aliphatic rings. The van der Waals surface area contributed by atoms with E-state index in [0.29, 0.717) is 18.7 Å². The largest absolute Gasteiger partial charge is 0.455 e. The van der Waals surface area contributed by atoms with E-state index in [-0.39, 0.29) is 47.9 Å². The number of aliphatic hydroxyl groups is 2. The third-order valence-electron chi connectivity index (χ3n) is 8.99. The standard InChI is InChI=1S/C28H39NO7/c1-14-11-15(2)28-18(12-19(33-5)13-34-24(14)17(4)30)8-9-20-22(28)23(31)16(3)25(26(20)36-28)35-27(32)21-7-6-10-29-21/h6-11,14,16-20,22-26,29-31H,12-13H2,1-5H3/b15-11+/t14-,16-,17-,18-,19+,20-,22+,23-,24+,25-,26-,28+/m1/s1. The normalized spacial score (nSPS) is 46.4. The molecule has 3 N–H and O–H groups in total. The number of hydrogen-bond acceptors (Lipinski definition) is 7. The van der Waals surface area contributed by atoms with Crippen LogP contribution in [0, 0.1) is 29.6 Å². The minimum atomic E-state index is -0.767. The van der Waals surface area contributed by atoms with Crippen molar-refractivity contribution in [3.05, 3.63) is 47.8 Å². The van der Waals surface area contributed by atoms with Crippen molar-refractivity contribution >= 4 is 5.97 Å². The van der Waals surface area contributed by atoms with Crippen molar-refractivity contribution in [2.75, 3.05) is 13.7 Å². The summed E-state index contributed by atoms with van der Waals surface area (Å²) in [5.74, 6) is -1.15. The second-order valence-electron chi connectivity index (χ2n) is 11.1.